The molecular formula is C17H21ClN2O. The van der Waals surface area contributed by atoms with E-state index in [1.54, 1.807) is 18.2 Å². The van der Waals surface area contributed by atoms with E-state index in [2.05, 4.69) is 5.32 Å². The highest BCUT2D eigenvalue weighted by molar-refractivity contribution is 6.31. The number of rotatable bonds is 2. The standard InChI is InChI=1S/C17H21ClN2O/c18-14-6-13(7-15(19)8-14)17(21)20-16-11-2-9-1-10(4-11)5-12(16)3-9/h6-12,16H,1-5,19H2,(H,20,21). The molecule has 0 aliphatic heterocycles. The lowest BCUT2D eigenvalue weighted by atomic mass is 9.54. The lowest BCUT2D eigenvalue weighted by Crippen LogP contribution is -2.55. The number of carbonyl (C=O) groups excluding carboxylic acids is 1. The van der Waals surface area contributed by atoms with Crippen LogP contribution in [-0.4, -0.2) is 11.9 Å². The van der Waals surface area contributed by atoms with Gasteiger partial charge in [-0.15, -0.1) is 0 Å². The Labute approximate surface area is 130 Å². The second kappa shape index (κ2) is 4.91. The maximum absolute atomic E-state index is 12.5. The van der Waals surface area contributed by atoms with Crippen LogP contribution in [-0.2, 0) is 0 Å². The van der Waals surface area contributed by atoms with Crippen molar-refractivity contribution in [1.29, 1.82) is 0 Å². The summed E-state index contributed by atoms with van der Waals surface area (Å²) in [4.78, 5) is 12.5. The molecule has 0 aromatic heterocycles. The third-order valence-corrected chi connectivity index (χ3v) is 5.93. The van der Waals surface area contributed by atoms with Crippen molar-refractivity contribution in [3.8, 4) is 0 Å². The Bertz CT molecular complexity index is 538. The molecule has 0 heterocycles. The summed E-state index contributed by atoms with van der Waals surface area (Å²) in [6, 6.07) is 5.42. The molecule has 0 spiro atoms. The summed E-state index contributed by atoms with van der Waals surface area (Å²) in [5.74, 6) is 3.18. The minimum absolute atomic E-state index is 0.0262. The molecule has 3 nitrogen and oxygen atoms in total. The summed E-state index contributed by atoms with van der Waals surface area (Å²) in [6.07, 6.45) is 6.63. The Kier molecular flexibility index (Phi) is 3.14. The van der Waals surface area contributed by atoms with Gasteiger partial charge in [-0.2, -0.15) is 0 Å². The molecule has 5 rings (SSSR count). The predicted octanol–water partition coefficient (Wildman–Crippen LogP) is 3.48. The molecule has 112 valence electrons. The van der Waals surface area contributed by atoms with Crippen molar-refractivity contribution in [3.05, 3.63) is 28.8 Å². The Morgan fingerprint density at radius 2 is 1.67 bits per heavy atom. The molecule has 4 bridgehead atoms. The Hall–Kier alpha value is -1.22. The van der Waals surface area contributed by atoms with Crippen molar-refractivity contribution in [2.45, 2.75) is 38.1 Å². The number of amides is 1. The zero-order valence-corrected chi connectivity index (χ0v) is 12.8. The number of nitrogens with one attached hydrogen (secondary N) is 1. The zero-order valence-electron chi connectivity index (χ0n) is 12.0. The van der Waals surface area contributed by atoms with Crippen molar-refractivity contribution in [2.75, 3.05) is 5.73 Å². The average molecular weight is 305 g/mol. The van der Waals surface area contributed by atoms with Gasteiger partial charge in [-0.3, -0.25) is 4.79 Å². The number of hydrogen-bond acceptors (Lipinski definition) is 2. The molecular weight excluding hydrogens is 284 g/mol. The van der Waals surface area contributed by atoms with Gasteiger partial charge in [-0.25, -0.2) is 0 Å². The minimum atomic E-state index is -0.0262. The van der Waals surface area contributed by atoms with Gasteiger partial charge in [-0.05, 0) is 74.0 Å². The van der Waals surface area contributed by atoms with E-state index in [0.717, 1.165) is 11.8 Å². The van der Waals surface area contributed by atoms with Gasteiger partial charge in [0.05, 0.1) is 0 Å². The quantitative estimate of drug-likeness (QED) is 0.822. The maximum atomic E-state index is 12.5. The fraction of sp³-hybridized carbons (Fsp3) is 0.588. The topological polar surface area (TPSA) is 55.1 Å². The molecule has 4 heteroatoms. The average Bonchev–Trinajstić information content (AvgIpc) is 2.40. The van der Waals surface area contributed by atoms with E-state index in [1.165, 1.54) is 32.1 Å². The SMILES string of the molecule is Nc1cc(Cl)cc(C(=O)NC2C3CC4CC(C3)CC2C4)c1. The molecule has 4 fully saturated rings. The maximum Gasteiger partial charge on any atom is 0.251 e. The third kappa shape index (κ3) is 2.42. The van der Waals surface area contributed by atoms with E-state index in [1.807, 2.05) is 0 Å². The van der Waals surface area contributed by atoms with Crippen LogP contribution in [0.2, 0.25) is 5.02 Å². The Morgan fingerprint density at radius 1 is 1.05 bits per heavy atom. The fourth-order valence-electron chi connectivity index (χ4n) is 5.14. The molecule has 1 amide bonds. The van der Waals surface area contributed by atoms with Crippen LogP contribution in [0.3, 0.4) is 0 Å². The third-order valence-electron chi connectivity index (χ3n) is 5.71. The van der Waals surface area contributed by atoms with Crippen molar-refractivity contribution in [3.63, 3.8) is 0 Å². The van der Waals surface area contributed by atoms with Gasteiger partial charge in [0, 0.05) is 22.3 Å². The van der Waals surface area contributed by atoms with E-state index in [-0.39, 0.29) is 5.91 Å². The summed E-state index contributed by atoms with van der Waals surface area (Å²) < 4.78 is 0. The summed E-state index contributed by atoms with van der Waals surface area (Å²) in [5.41, 5.74) is 6.90. The van der Waals surface area contributed by atoms with Gasteiger partial charge in [-0.1, -0.05) is 11.6 Å². The molecule has 21 heavy (non-hydrogen) atoms. The molecule has 4 aliphatic carbocycles. The van der Waals surface area contributed by atoms with E-state index >= 15 is 0 Å². The van der Waals surface area contributed by atoms with Crippen LogP contribution in [0.15, 0.2) is 18.2 Å². The van der Waals surface area contributed by atoms with Gasteiger partial charge in [0.15, 0.2) is 0 Å². The summed E-state index contributed by atoms with van der Waals surface area (Å²) in [7, 11) is 0. The normalized spacial score (nSPS) is 36.7. The van der Waals surface area contributed by atoms with Gasteiger partial charge in [0.25, 0.3) is 5.91 Å². The smallest absolute Gasteiger partial charge is 0.251 e. The number of halogens is 1. The van der Waals surface area contributed by atoms with Crippen LogP contribution < -0.4 is 11.1 Å². The van der Waals surface area contributed by atoms with Gasteiger partial charge in [0.2, 0.25) is 0 Å². The van der Waals surface area contributed by atoms with Crippen LogP contribution in [0.5, 0.6) is 0 Å². The van der Waals surface area contributed by atoms with Crippen LogP contribution in [0.4, 0.5) is 5.69 Å². The van der Waals surface area contributed by atoms with Crippen LogP contribution >= 0.6 is 11.6 Å². The van der Waals surface area contributed by atoms with Crippen molar-refractivity contribution in [1.82, 2.24) is 5.32 Å². The number of carbonyl (C=O) groups is 1. The first-order valence-corrected chi connectivity index (χ1v) is 8.33. The van der Waals surface area contributed by atoms with Crippen molar-refractivity contribution in [2.24, 2.45) is 23.7 Å². The molecule has 0 unspecified atom stereocenters. The van der Waals surface area contributed by atoms with Crippen LogP contribution in [0.25, 0.3) is 0 Å². The van der Waals surface area contributed by atoms with Crippen LogP contribution in [0, 0.1) is 23.7 Å². The first kappa shape index (κ1) is 13.4. The highest BCUT2D eigenvalue weighted by Gasteiger charge is 2.48. The molecule has 1 aromatic rings. The molecule has 4 aliphatic rings. The van der Waals surface area contributed by atoms with Crippen molar-refractivity contribution < 1.29 is 4.79 Å². The van der Waals surface area contributed by atoms with Gasteiger partial charge >= 0.3 is 0 Å². The molecule has 4 saturated carbocycles. The van der Waals surface area contributed by atoms with E-state index in [4.69, 9.17) is 17.3 Å². The summed E-state index contributed by atoms with van der Waals surface area (Å²) >= 11 is 6.00. The lowest BCUT2D eigenvalue weighted by molar-refractivity contribution is -0.0119. The number of nitrogen functional groups attached to an aromatic ring is 1. The molecule has 0 atom stereocenters. The predicted molar refractivity (Wildman–Crippen MR) is 84.2 cm³/mol. The summed E-state index contributed by atoms with van der Waals surface area (Å²) in [5, 5.41) is 3.80. The monoisotopic (exact) mass is 304 g/mol. The number of benzene rings is 1. The highest BCUT2D eigenvalue weighted by atomic mass is 35.5. The molecule has 3 N–H and O–H groups in total. The second-order valence-corrected chi connectivity index (χ2v) is 7.64. The van der Waals surface area contributed by atoms with Gasteiger partial charge in [0.1, 0.15) is 0 Å². The summed E-state index contributed by atoms with van der Waals surface area (Å²) in [6.45, 7) is 0. The van der Waals surface area contributed by atoms with Crippen LogP contribution in [0.1, 0.15) is 42.5 Å². The fourth-order valence-corrected chi connectivity index (χ4v) is 5.38. The zero-order chi connectivity index (χ0) is 14.6. The number of hydrogen-bond donors (Lipinski definition) is 2. The second-order valence-electron chi connectivity index (χ2n) is 7.20. The number of anilines is 1. The lowest BCUT2D eigenvalue weighted by Gasteiger charge is -2.54. The van der Waals surface area contributed by atoms with Gasteiger partial charge < -0.3 is 11.1 Å². The Balaban J connectivity index is 1.52. The highest BCUT2D eigenvalue weighted by Crippen LogP contribution is 2.53. The largest absolute Gasteiger partial charge is 0.399 e. The van der Waals surface area contributed by atoms with E-state index in [9.17, 15) is 4.79 Å². The van der Waals surface area contributed by atoms with Crippen molar-refractivity contribution >= 4 is 23.2 Å². The number of nitrogens with two attached hydrogens (primary N) is 1. The molecule has 1 aromatic carbocycles. The first-order chi connectivity index (χ1) is 10.1. The molecule has 0 saturated heterocycles. The van der Waals surface area contributed by atoms with E-state index < -0.39 is 0 Å². The minimum Gasteiger partial charge on any atom is -0.399 e. The van der Waals surface area contributed by atoms with E-state index in [0.29, 0.717) is 34.2 Å². The molecule has 0 radical (unpaired) electrons. The Morgan fingerprint density at radius 3 is 2.24 bits per heavy atom. The first-order valence-electron chi connectivity index (χ1n) is 7.95.